The van der Waals surface area contributed by atoms with Gasteiger partial charge in [0.2, 0.25) is 0 Å². The highest BCUT2D eigenvalue weighted by molar-refractivity contribution is 7.13. The van der Waals surface area contributed by atoms with E-state index >= 15 is 0 Å². The average molecular weight is 314 g/mol. The van der Waals surface area contributed by atoms with Gasteiger partial charge in [0.05, 0.1) is 11.3 Å². The number of thiazole rings is 1. The Kier molecular flexibility index (Phi) is 3.60. The minimum absolute atomic E-state index is 0.0498. The van der Waals surface area contributed by atoms with E-state index in [0.29, 0.717) is 11.3 Å². The van der Waals surface area contributed by atoms with Gasteiger partial charge in [-0.15, -0.1) is 11.3 Å². The summed E-state index contributed by atoms with van der Waals surface area (Å²) in [6.45, 7) is 0. The Hall–Kier alpha value is -2.73. The number of carbonyl (C=O) groups excluding carboxylic acids is 1. The molecule has 0 saturated heterocycles. The molecule has 0 bridgehead atoms. The number of rotatable bonds is 3. The highest BCUT2D eigenvalue weighted by atomic mass is 32.1. The van der Waals surface area contributed by atoms with Crippen molar-refractivity contribution in [2.75, 3.05) is 0 Å². The van der Waals surface area contributed by atoms with Crippen LogP contribution in [0.4, 0.5) is 4.39 Å². The summed E-state index contributed by atoms with van der Waals surface area (Å²) < 4.78 is 12.9. The third kappa shape index (κ3) is 2.68. The molecule has 3 aromatic rings. The molecule has 3 N–H and O–H groups in total. The molecule has 0 saturated carbocycles. The Morgan fingerprint density at radius 2 is 1.82 bits per heavy atom. The molecule has 0 unspecified atom stereocenters. The minimum Gasteiger partial charge on any atom is -0.507 e. The van der Waals surface area contributed by atoms with E-state index in [2.05, 4.69) is 4.98 Å². The largest absolute Gasteiger partial charge is 0.507 e. The SMILES string of the molecule is NC(=O)c1cc(-c2csc(-c3ccc(F)cc3)n2)ccc1O. The normalized spacial score (nSPS) is 10.6. The first kappa shape index (κ1) is 14.2. The fourth-order valence-corrected chi connectivity index (χ4v) is 2.86. The molecule has 4 nitrogen and oxygen atoms in total. The van der Waals surface area contributed by atoms with Gasteiger partial charge in [0.1, 0.15) is 16.6 Å². The molecule has 110 valence electrons. The number of hydrogen-bond donors (Lipinski definition) is 2. The fraction of sp³-hybridized carbons (Fsp3) is 0. The van der Waals surface area contributed by atoms with Crippen LogP contribution < -0.4 is 5.73 Å². The van der Waals surface area contributed by atoms with Crippen LogP contribution in [0, 0.1) is 5.82 Å². The molecule has 0 aliphatic carbocycles. The van der Waals surface area contributed by atoms with E-state index in [1.807, 2.05) is 5.38 Å². The summed E-state index contributed by atoms with van der Waals surface area (Å²) in [4.78, 5) is 15.7. The van der Waals surface area contributed by atoms with Crippen molar-refractivity contribution in [3.63, 3.8) is 0 Å². The molecule has 22 heavy (non-hydrogen) atoms. The van der Waals surface area contributed by atoms with Crippen LogP contribution in [0.15, 0.2) is 47.8 Å². The summed E-state index contributed by atoms with van der Waals surface area (Å²) in [5.74, 6) is -1.16. The first-order valence-electron chi connectivity index (χ1n) is 6.39. The van der Waals surface area contributed by atoms with E-state index in [1.165, 1.54) is 35.6 Å². The van der Waals surface area contributed by atoms with E-state index in [0.717, 1.165) is 10.6 Å². The zero-order chi connectivity index (χ0) is 15.7. The predicted octanol–water partition coefficient (Wildman–Crippen LogP) is 3.42. The number of aromatic hydroxyl groups is 1. The van der Waals surface area contributed by atoms with Crippen LogP contribution in [0.25, 0.3) is 21.8 Å². The molecular weight excluding hydrogens is 303 g/mol. The van der Waals surface area contributed by atoms with Crippen LogP contribution in [0.3, 0.4) is 0 Å². The van der Waals surface area contributed by atoms with Crippen molar-refractivity contribution in [3.05, 3.63) is 59.2 Å². The van der Waals surface area contributed by atoms with Gasteiger partial charge in [-0.05, 0) is 42.5 Å². The number of aromatic nitrogens is 1. The van der Waals surface area contributed by atoms with Crippen molar-refractivity contribution in [1.29, 1.82) is 0 Å². The number of benzene rings is 2. The predicted molar refractivity (Wildman–Crippen MR) is 83.1 cm³/mol. The molecule has 0 fully saturated rings. The Morgan fingerprint density at radius 3 is 2.50 bits per heavy atom. The van der Waals surface area contributed by atoms with Crippen molar-refractivity contribution >= 4 is 17.2 Å². The molecule has 2 aromatic carbocycles. The Morgan fingerprint density at radius 1 is 1.14 bits per heavy atom. The topological polar surface area (TPSA) is 76.2 Å². The summed E-state index contributed by atoms with van der Waals surface area (Å²) in [6.07, 6.45) is 0. The highest BCUT2D eigenvalue weighted by Gasteiger charge is 2.12. The molecule has 0 atom stereocenters. The number of nitrogens with zero attached hydrogens (tertiary/aromatic N) is 1. The van der Waals surface area contributed by atoms with Crippen LogP contribution >= 0.6 is 11.3 Å². The molecule has 0 spiro atoms. The Balaban J connectivity index is 1.99. The maximum absolute atomic E-state index is 12.9. The van der Waals surface area contributed by atoms with Crippen LogP contribution in [-0.2, 0) is 0 Å². The summed E-state index contributed by atoms with van der Waals surface area (Å²) >= 11 is 1.41. The molecule has 6 heteroatoms. The van der Waals surface area contributed by atoms with E-state index < -0.39 is 5.91 Å². The average Bonchev–Trinajstić information content (AvgIpc) is 2.98. The van der Waals surface area contributed by atoms with Crippen molar-refractivity contribution in [2.24, 2.45) is 5.73 Å². The molecule has 1 heterocycles. The second-order valence-electron chi connectivity index (χ2n) is 4.64. The van der Waals surface area contributed by atoms with E-state index in [9.17, 15) is 14.3 Å². The van der Waals surface area contributed by atoms with Gasteiger partial charge in [-0.3, -0.25) is 4.79 Å². The highest BCUT2D eigenvalue weighted by Crippen LogP contribution is 2.31. The Labute approximate surface area is 129 Å². The van der Waals surface area contributed by atoms with E-state index in [1.54, 1.807) is 18.2 Å². The number of hydrogen-bond acceptors (Lipinski definition) is 4. The van der Waals surface area contributed by atoms with Gasteiger partial charge in [-0.2, -0.15) is 0 Å². The standard InChI is InChI=1S/C16H11FN2O2S/c17-11-4-1-9(2-5-11)16-19-13(8-22-16)10-3-6-14(20)12(7-10)15(18)21/h1-8,20H,(H2,18,21). The van der Waals surface area contributed by atoms with Gasteiger partial charge in [-0.25, -0.2) is 9.37 Å². The zero-order valence-corrected chi connectivity index (χ0v) is 12.1. The third-order valence-electron chi connectivity index (χ3n) is 3.15. The number of phenols is 1. The maximum atomic E-state index is 12.9. The third-order valence-corrected chi connectivity index (χ3v) is 4.04. The lowest BCUT2D eigenvalue weighted by molar-refractivity contribution is 0.0998. The molecule has 1 amide bonds. The first-order chi connectivity index (χ1) is 10.5. The van der Waals surface area contributed by atoms with Crippen molar-refractivity contribution in [1.82, 2.24) is 4.98 Å². The van der Waals surface area contributed by atoms with Crippen LogP contribution in [0.5, 0.6) is 5.75 Å². The number of amides is 1. The Bertz CT molecular complexity index is 844. The molecule has 1 aromatic heterocycles. The van der Waals surface area contributed by atoms with E-state index in [4.69, 9.17) is 5.73 Å². The number of nitrogens with two attached hydrogens (primary N) is 1. The lowest BCUT2D eigenvalue weighted by Gasteiger charge is -2.03. The quantitative estimate of drug-likeness (QED) is 0.777. The number of primary amides is 1. The monoisotopic (exact) mass is 314 g/mol. The molecular formula is C16H11FN2O2S. The molecule has 3 rings (SSSR count). The summed E-state index contributed by atoms with van der Waals surface area (Å²) in [5, 5.41) is 12.2. The number of carbonyl (C=O) groups is 1. The van der Waals surface area contributed by atoms with Crippen molar-refractivity contribution < 1.29 is 14.3 Å². The van der Waals surface area contributed by atoms with Gasteiger partial charge >= 0.3 is 0 Å². The van der Waals surface area contributed by atoms with Gasteiger partial charge in [0, 0.05) is 16.5 Å². The van der Waals surface area contributed by atoms with Crippen LogP contribution in [-0.4, -0.2) is 16.0 Å². The first-order valence-corrected chi connectivity index (χ1v) is 7.27. The number of halogens is 1. The van der Waals surface area contributed by atoms with Crippen LogP contribution in [0.1, 0.15) is 10.4 Å². The van der Waals surface area contributed by atoms with Gasteiger partial charge in [-0.1, -0.05) is 0 Å². The molecule has 0 radical (unpaired) electrons. The van der Waals surface area contributed by atoms with Gasteiger partial charge in [0.15, 0.2) is 0 Å². The lowest BCUT2D eigenvalue weighted by atomic mass is 10.1. The summed E-state index contributed by atoms with van der Waals surface area (Å²) in [7, 11) is 0. The second kappa shape index (κ2) is 5.57. The molecule has 0 aliphatic heterocycles. The van der Waals surface area contributed by atoms with Crippen molar-refractivity contribution in [3.8, 4) is 27.6 Å². The van der Waals surface area contributed by atoms with E-state index in [-0.39, 0.29) is 17.1 Å². The van der Waals surface area contributed by atoms with Crippen LogP contribution in [0.2, 0.25) is 0 Å². The minimum atomic E-state index is -0.701. The lowest BCUT2D eigenvalue weighted by Crippen LogP contribution is -2.11. The smallest absolute Gasteiger partial charge is 0.252 e. The molecule has 0 aliphatic rings. The summed E-state index contributed by atoms with van der Waals surface area (Å²) in [5.41, 5.74) is 7.42. The van der Waals surface area contributed by atoms with Crippen molar-refractivity contribution in [2.45, 2.75) is 0 Å². The fourth-order valence-electron chi connectivity index (χ4n) is 2.02. The zero-order valence-electron chi connectivity index (χ0n) is 11.3. The van der Waals surface area contributed by atoms with Gasteiger partial charge < -0.3 is 10.8 Å². The maximum Gasteiger partial charge on any atom is 0.252 e. The second-order valence-corrected chi connectivity index (χ2v) is 5.50. The van der Waals surface area contributed by atoms with Gasteiger partial charge in [0.25, 0.3) is 5.91 Å². The summed E-state index contributed by atoms with van der Waals surface area (Å²) in [6, 6.07) is 10.6.